The summed E-state index contributed by atoms with van der Waals surface area (Å²) in [6.45, 7) is 9.79. The molecule has 0 radical (unpaired) electrons. The van der Waals surface area contributed by atoms with E-state index in [1.807, 2.05) is 4.90 Å². The van der Waals surface area contributed by atoms with Crippen LogP contribution in [0.1, 0.15) is 30.9 Å². The van der Waals surface area contributed by atoms with Gasteiger partial charge in [-0.15, -0.1) is 5.10 Å². The first kappa shape index (κ1) is 20.4. The van der Waals surface area contributed by atoms with Crippen molar-refractivity contribution in [3.05, 3.63) is 41.6 Å². The molecule has 3 heterocycles. The average Bonchev–Trinajstić information content (AvgIpc) is 3.39. The third kappa shape index (κ3) is 4.81. The molecule has 1 N–H and O–H groups in total. The Labute approximate surface area is 177 Å². The number of rotatable bonds is 4. The fourth-order valence-electron chi connectivity index (χ4n) is 4.27. The normalized spacial score (nSPS) is 17.4. The molecule has 8 nitrogen and oxygen atoms in total. The minimum absolute atomic E-state index is 0.155. The highest BCUT2D eigenvalue weighted by molar-refractivity contribution is 5.88. The molecule has 0 atom stereocenters. The lowest BCUT2D eigenvalue weighted by atomic mass is 10.1. The van der Waals surface area contributed by atoms with Crippen molar-refractivity contribution in [3.63, 3.8) is 0 Å². The zero-order valence-electron chi connectivity index (χ0n) is 17.8. The zero-order valence-corrected chi connectivity index (χ0v) is 17.8. The maximum atomic E-state index is 12.7. The average molecular weight is 411 g/mol. The second-order valence-electron chi connectivity index (χ2n) is 8.24. The molecule has 160 valence electrons. The molecule has 4 rings (SSSR count). The van der Waals surface area contributed by atoms with Crippen molar-refractivity contribution in [2.24, 2.45) is 0 Å². The number of anilines is 2. The van der Waals surface area contributed by atoms with Gasteiger partial charge in [0.15, 0.2) is 5.82 Å². The molecule has 0 aliphatic carbocycles. The number of amides is 2. The topological polar surface area (TPSA) is 73.7 Å². The summed E-state index contributed by atoms with van der Waals surface area (Å²) in [6, 6.07) is 8.35. The number of aromatic nitrogens is 2. The number of piperazine rings is 1. The van der Waals surface area contributed by atoms with Crippen LogP contribution >= 0.6 is 0 Å². The summed E-state index contributed by atoms with van der Waals surface area (Å²) < 4.78 is 1.30. The van der Waals surface area contributed by atoms with E-state index < -0.39 is 0 Å². The Balaban J connectivity index is 1.33. The molecule has 1 aromatic heterocycles. The summed E-state index contributed by atoms with van der Waals surface area (Å²) in [5, 5.41) is 6.74. The van der Waals surface area contributed by atoms with E-state index in [0.29, 0.717) is 18.9 Å². The van der Waals surface area contributed by atoms with Crippen LogP contribution in [0.25, 0.3) is 0 Å². The fourth-order valence-corrected chi connectivity index (χ4v) is 4.27. The van der Waals surface area contributed by atoms with Crippen molar-refractivity contribution < 1.29 is 9.59 Å². The second kappa shape index (κ2) is 8.87. The standard InChI is InChI=1S/C22H30N6O2/c1-17-13-19(15-20(14-17)26-6-3-4-7-26)16-25-9-11-27(12-10-25)22(30)28-8-5-21(24-28)23-18(2)29/h5,8,13-15H,3-4,6-7,9-12,16H2,1-2H3,(H,23,24,29). The van der Waals surface area contributed by atoms with Gasteiger partial charge in [-0.05, 0) is 43.0 Å². The molecule has 2 aliphatic heterocycles. The quantitative estimate of drug-likeness (QED) is 0.839. The molecule has 2 saturated heterocycles. The number of hydrogen-bond donors (Lipinski definition) is 1. The first-order chi connectivity index (χ1) is 14.5. The van der Waals surface area contributed by atoms with Crippen molar-refractivity contribution >= 4 is 23.4 Å². The summed E-state index contributed by atoms with van der Waals surface area (Å²) in [5.74, 6) is 0.188. The third-order valence-corrected chi connectivity index (χ3v) is 5.73. The van der Waals surface area contributed by atoms with Crippen LogP contribution in [0.2, 0.25) is 0 Å². The Morgan fingerprint density at radius 2 is 1.77 bits per heavy atom. The molecule has 30 heavy (non-hydrogen) atoms. The highest BCUT2D eigenvalue weighted by Gasteiger charge is 2.23. The van der Waals surface area contributed by atoms with Crippen LogP contribution < -0.4 is 10.2 Å². The summed E-state index contributed by atoms with van der Waals surface area (Å²) >= 11 is 0. The van der Waals surface area contributed by atoms with E-state index in [2.05, 4.69) is 45.3 Å². The monoisotopic (exact) mass is 410 g/mol. The van der Waals surface area contributed by atoms with E-state index in [1.165, 1.54) is 41.3 Å². The van der Waals surface area contributed by atoms with Gasteiger partial charge >= 0.3 is 6.03 Å². The summed E-state index contributed by atoms with van der Waals surface area (Å²) in [4.78, 5) is 30.5. The van der Waals surface area contributed by atoms with Crippen LogP contribution in [0.5, 0.6) is 0 Å². The summed E-state index contributed by atoms with van der Waals surface area (Å²) in [6.07, 6.45) is 4.15. The predicted molar refractivity (Wildman–Crippen MR) is 117 cm³/mol. The molecule has 2 aromatic rings. The number of carbonyl (C=O) groups excluding carboxylic acids is 2. The molecular formula is C22H30N6O2. The minimum atomic E-state index is -0.203. The van der Waals surface area contributed by atoms with E-state index >= 15 is 0 Å². The second-order valence-corrected chi connectivity index (χ2v) is 8.24. The number of benzene rings is 1. The van der Waals surface area contributed by atoms with Crippen molar-refractivity contribution in [3.8, 4) is 0 Å². The Morgan fingerprint density at radius 3 is 2.47 bits per heavy atom. The molecule has 8 heteroatoms. The SMILES string of the molecule is CC(=O)Nc1ccn(C(=O)N2CCN(Cc3cc(C)cc(N4CCCC4)c3)CC2)n1. The number of nitrogens with one attached hydrogen (secondary N) is 1. The third-order valence-electron chi connectivity index (χ3n) is 5.73. The van der Waals surface area contributed by atoms with Gasteiger partial charge in [-0.25, -0.2) is 4.79 Å². The molecule has 2 fully saturated rings. The van der Waals surface area contributed by atoms with Crippen LogP contribution in [-0.2, 0) is 11.3 Å². The molecule has 0 unspecified atom stereocenters. The molecule has 1 aromatic carbocycles. The van der Waals surface area contributed by atoms with Crippen LogP contribution in [0.3, 0.4) is 0 Å². The maximum absolute atomic E-state index is 12.7. The lowest BCUT2D eigenvalue weighted by Crippen LogP contribution is -2.49. The first-order valence-electron chi connectivity index (χ1n) is 10.7. The van der Waals surface area contributed by atoms with Crippen LogP contribution in [0.15, 0.2) is 30.5 Å². The zero-order chi connectivity index (χ0) is 21.1. The molecule has 2 amide bonds. The molecule has 2 aliphatic rings. The van der Waals surface area contributed by atoms with Crippen molar-refractivity contribution in [2.75, 3.05) is 49.5 Å². The van der Waals surface area contributed by atoms with E-state index in [-0.39, 0.29) is 11.9 Å². The number of hydrogen-bond acceptors (Lipinski definition) is 5. The largest absolute Gasteiger partial charge is 0.372 e. The van der Waals surface area contributed by atoms with E-state index in [0.717, 1.165) is 32.7 Å². The Bertz CT molecular complexity index is 910. The molecule has 0 bridgehead atoms. The van der Waals surface area contributed by atoms with E-state index in [4.69, 9.17) is 0 Å². The minimum Gasteiger partial charge on any atom is -0.372 e. The Morgan fingerprint density at radius 1 is 1.03 bits per heavy atom. The van der Waals surface area contributed by atoms with Gasteiger partial charge in [0.05, 0.1) is 0 Å². The van der Waals surface area contributed by atoms with Crippen LogP contribution in [-0.4, -0.2) is 70.8 Å². The Kier molecular flexibility index (Phi) is 6.03. The molecule has 0 spiro atoms. The van der Waals surface area contributed by atoms with Crippen molar-refractivity contribution in [2.45, 2.75) is 33.2 Å². The van der Waals surface area contributed by atoms with E-state index in [1.54, 1.807) is 12.3 Å². The van der Waals surface area contributed by atoms with Crippen LogP contribution in [0.4, 0.5) is 16.3 Å². The predicted octanol–water partition coefficient (Wildman–Crippen LogP) is 2.54. The van der Waals surface area contributed by atoms with Gasteiger partial charge < -0.3 is 15.1 Å². The van der Waals surface area contributed by atoms with Crippen molar-refractivity contribution in [1.82, 2.24) is 19.6 Å². The Hall–Kier alpha value is -2.87. The van der Waals surface area contributed by atoms with Crippen molar-refractivity contribution in [1.29, 1.82) is 0 Å². The lowest BCUT2D eigenvalue weighted by molar-refractivity contribution is -0.114. The highest BCUT2D eigenvalue weighted by Crippen LogP contribution is 2.24. The van der Waals surface area contributed by atoms with E-state index in [9.17, 15) is 9.59 Å². The summed E-state index contributed by atoms with van der Waals surface area (Å²) in [5.41, 5.74) is 3.98. The van der Waals surface area contributed by atoms with Gasteiger partial charge in [-0.3, -0.25) is 9.69 Å². The van der Waals surface area contributed by atoms with Gasteiger partial charge in [0.1, 0.15) is 0 Å². The smallest absolute Gasteiger partial charge is 0.344 e. The van der Waals surface area contributed by atoms with Gasteiger partial charge in [0.25, 0.3) is 0 Å². The van der Waals surface area contributed by atoms with Gasteiger partial charge in [-0.1, -0.05) is 6.07 Å². The fraction of sp³-hybridized carbons (Fsp3) is 0.500. The summed E-state index contributed by atoms with van der Waals surface area (Å²) in [7, 11) is 0. The first-order valence-corrected chi connectivity index (χ1v) is 10.7. The number of aryl methyl sites for hydroxylation is 1. The molecular weight excluding hydrogens is 380 g/mol. The molecule has 0 saturated carbocycles. The highest BCUT2D eigenvalue weighted by atomic mass is 16.2. The van der Waals surface area contributed by atoms with Gasteiger partial charge in [-0.2, -0.15) is 4.68 Å². The number of carbonyl (C=O) groups is 2. The maximum Gasteiger partial charge on any atom is 0.344 e. The van der Waals surface area contributed by atoms with Gasteiger partial charge in [0, 0.05) is 70.7 Å². The van der Waals surface area contributed by atoms with Gasteiger partial charge in [0.2, 0.25) is 5.91 Å². The lowest BCUT2D eigenvalue weighted by Gasteiger charge is -2.34. The number of nitrogens with zero attached hydrogens (tertiary/aromatic N) is 5. The van der Waals surface area contributed by atoms with Crippen LogP contribution in [0, 0.1) is 6.92 Å².